The van der Waals surface area contributed by atoms with Gasteiger partial charge in [0, 0.05) is 18.8 Å². The van der Waals surface area contributed by atoms with E-state index in [-0.39, 0.29) is 29.3 Å². The monoisotopic (exact) mass is 482 g/mol. The maximum absolute atomic E-state index is 13.0. The number of benzene rings is 3. The highest BCUT2D eigenvalue weighted by Gasteiger charge is 2.28. The second-order valence-electron chi connectivity index (χ2n) is 7.63. The third-order valence-electron chi connectivity index (χ3n) is 5.38. The fraction of sp³-hybridized carbons (Fsp3) is 0.240. The lowest BCUT2D eigenvalue weighted by Gasteiger charge is -2.26. The summed E-state index contributed by atoms with van der Waals surface area (Å²) in [6.07, 6.45) is 0. The van der Waals surface area contributed by atoms with Crippen molar-refractivity contribution < 1.29 is 27.4 Å². The smallest absolute Gasteiger partial charge is 0.259 e. The van der Waals surface area contributed by atoms with E-state index in [9.17, 15) is 13.2 Å². The minimum atomic E-state index is -3.75. The van der Waals surface area contributed by atoms with Gasteiger partial charge in [0.15, 0.2) is 0 Å². The Kier molecular flexibility index (Phi) is 7.46. The Hall–Kier alpha value is -3.40. The summed E-state index contributed by atoms with van der Waals surface area (Å²) in [6.45, 7) is 1.67. The molecule has 1 aliphatic rings. The first kappa shape index (κ1) is 23.7. The Bertz CT molecular complexity index is 1220. The van der Waals surface area contributed by atoms with Crippen molar-refractivity contribution >= 4 is 21.6 Å². The molecular formula is C25H26N2O6S. The van der Waals surface area contributed by atoms with Gasteiger partial charge in [-0.25, -0.2) is 8.42 Å². The van der Waals surface area contributed by atoms with Gasteiger partial charge < -0.3 is 19.5 Å². The number of rotatable bonds is 8. The number of hydrogen-bond acceptors (Lipinski definition) is 6. The number of amides is 1. The molecule has 178 valence electrons. The van der Waals surface area contributed by atoms with Crippen LogP contribution in [0.15, 0.2) is 77.7 Å². The van der Waals surface area contributed by atoms with E-state index in [1.54, 1.807) is 24.3 Å². The molecule has 34 heavy (non-hydrogen) atoms. The van der Waals surface area contributed by atoms with Crippen LogP contribution in [-0.2, 0) is 21.4 Å². The van der Waals surface area contributed by atoms with Crippen molar-refractivity contribution in [2.75, 3.05) is 38.7 Å². The molecule has 0 spiro atoms. The van der Waals surface area contributed by atoms with E-state index in [0.29, 0.717) is 31.3 Å². The molecule has 3 aromatic carbocycles. The summed E-state index contributed by atoms with van der Waals surface area (Å²) in [6, 6.07) is 21.1. The van der Waals surface area contributed by atoms with Crippen LogP contribution in [0.2, 0.25) is 0 Å². The summed E-state index contributed by atoms with van der Waals surface area (Å²) in [5, 5.41) is 2.79. The van der Waals surface area contributed by atoms with Crippen LogP contribution in [0.1, 0.15) is 15.9 Å². The average Bonchev–Trinajstić information content (AvgIpc) is 2.89. The number of hydrogen-bond donors (Lipinski definition) is 1. The second-order valence-corrected chi connectivity index (χ2v) is 9.57. The van der Waals surface area contributed by atoms with Gasteiger partial charge in [-0.1, -0.05) is 30.3 Å². The number of nitrogens with zero attached hydrogens (tertiary/aromatic N) is 1. The SMILES string of the molecule is COc1ccc(S(=O)(=O)N2CCOCC2)cc1C(=O)Nc1ccc(OCc2ccccc2)cc1. The Balaban J connectivity index is 1.47. The summed E-state index contributed by atoms with van der Waals surface area (Å²) in [7, 11) is -2.32. The van der Waals surface area contributed by atoms with Gasteiger partial charge in [-0.05, 0) is 48.0 Å². The standard InChI is InChI=1S/C25H26N2O6S/c1-31-24-12-11-22(34(29,30)27-13-15-32-16-14-27)17-23(24)25(28)26-20-7-9-21(10-8-20)33-18-19-5-3-2-4-6-19/h2-12,17H,13-16,18H2,1H3,(H,26,28). The van der Waals surface area contributed by atoms with Crippen LogP contribution in [0.5, 0.6) is 11.5 Å². The molecule has 1 heterocycles. The van der Waals surface area contributed by atoms with Crippen molar-refractivity contribution in [1.82, 2.24) is 4.31 Å². The zero-order valence-corrected chi connectivity index (χ0v) is 19.6. The number of carbonyl (C=O) groups excluding carboxylic acids is 1. The molecule has 9 heteroatoms. The molecule has 8 nitrogen and oxygen atoms in total. The van der Waals surface area contributed by atoms with Crippen molar-refractivity contribution in [3.8, 4) is 11.5 Å². The molecule has 1 saturated heterocycles. The summed E-state index contributed by atoms with van der Waals surface area (Å²) in [4.78, 5) is 13.0. The van der Waals surface area contributed by atoms with Crippen LogP contribution in [0, 0.1) is 0 Å². The Labute approximate surface area is 199 Å². The number of carbonyl (C=O) groups is 1. The molecule has 1 N–H and O–H groups in total. The quantitative estimate of drug-likeness (QED) is 0.528. The second kappa shape index (κ2) is 10.7. The number of morpholine rings is 1. The van der Waals surface area contributed by atoms with Crippen LogP contribution < -0.4 is 14.8 Å². The van der Waals surface area contributed by atoms with E-state index in [4.69, 9.17) is 14.2 Å². The van der Waals surface area contributed by atoms with Gasteiger partial charge in [0.2, 0.25) is 10.0 Å². The van der Waals surface area contributed by atoms with Gasteiger partial charge in [-0.15, -0.1) is 0 Å². The van der Waals surface area contributed by atoms with Gasteiger partial charge in [0.25, 0.3) is 5.91 Å². The first-order chi connectivity index (χ1) is 16.5. The van der Waals surface area contributed by atoms with Crippen LogP contribution in [0.25, 0.3) is 0 Å². The van der Waals surface area contributed by atoms with Crippen LogP contribution in [0.3, 0.4) is 0 Å². The topological polar surface area (TPSA) is 94.2 Å². The number of ether oxygens (including phenoxy) is 3. The fourth-order valence-electron chi connectivity index (χ4n) is 3.53. The van der Waals surface area contributed by atoms with Crippen molar-refractivity contribution in [2.45, 2.75) is 11.5 Å². The van der Waals surface area contributed by atoms with E-state index >= 15 is 0 Å². The van der Waals surface area contributed by atoms with E-state index in [2.05, 4.69) is 5.32 Å². The number of methoxy groups -OCH3 is 1. The zero-order valence-electron chi connectivity index (χ0n) is 18.8. The molecule has 3 aromatic rings. The van der Waals surface area contributed by atoms with Crippen LogP contribution in [0.4, 0.5) is 5.69 Å². The highest BCUT2D eigenvalue weighted by Crippen LogP contribution is 2.26. The third-order valence-corrected chi connectivity index (χ3v) is 7.28. The molecular weight excluding hydrogens is 456 g/mol. The minimum absolute atomic E-state index is 0.0324. The Morgan fingerprint density at radius 3 is 2.38 bits per heavy atom. The van der Waals surface area contributed by atoms with Gasteiger partial charge in [0.05, 0.1) is 30.8 Å². The molecule has 0 aromatic heterocycles. The van der Waals surface area contributed by atoms with Gasteiger partial charge in [-0.3, -0.25) is 4.79 Å². The van der Waals surface area contributed by atoms with Crippen molar-refractivity contribution in [2.24, 2.45) is 0 Å². The molecule has 4 rings (SSSR count). The summed E-state index contributed by atoms with van der Waals surface area (Å²) in [5.41, 5.74) is 1.72. The molecule has 0 atom stereocenters. The van der Waals surface area contributed by atoms with Crippen LogP contribution >= 0.6 is 0 Å². The Morgan fingerprint density at radius 2 is 1.71 bits per heavy atom. The van der Waals surface area contributed by atoms with Gasteiger partial charge in [-0.2, -0.15) is 4.31 Å². The molecule has 0 bridgehead atoms. The lowest BCUT2D eigenvalue weighted by Crippen LogP contribution is -2.40. The van der Waals surface area contributed by atoms with Crippen molar-refractivity contribution in [1.29, 1.82) is 0 Å². The maximum atomic E-state index is 13.0. The van der Waals surface area contributed by atoms with E-state index in [1.807, 2.05) is 30.3 Å². The van der Waals surface area contributed by atoms with Crippen molar-refractivity contribution in [3.05, 3.63) is 83.9 Å². The largest absolute Gasteiger partial charge is 0.496 e. The predicted octanol–water partition coefficient (Wildman–Crippen LogP) is 3.55. The van der Waals surface area contributed by atoms with Gasteiger partial charge in [0.1, 0.15) is 18.1 Å². The van der Waals surface area contributed by atoms with E-state index < -0.39 is 15.9 Å². The molecule has 0 aliphatic carbocycles. The van der Waals surface area contributed by atoms with E-state index in [0.717, 1.165) is 5.56 Å². The zero-order chi connectivity index (χ0) is 24.0. The average molecular weight is 483 g/mol. The molecule has 1 fully saturated rings. The fourth-order valence-corrected chi connectivity index (χ4v) is 4.97. The number of anilines is 1. The van der Waals surface area contributed by atoms with Crippen LogP contribution in [-0.4, -0.2) is 52.0 Å². The number of sulfonamides is 1. The van der Waals surface area contributed by atoms with Gasteiger partial charge >= 0.3 is 0 Å². The summed E-state index contributed by atoms with van der Waals surface area (Å²) < 4.78 is 43.7. The summed E-state index contributed by atoms with van der Waals surface area (Å²) in [5.74, 6) is 0.466. The Morgan fingerprint density at radius 1 is 1.00 bits per heavy atom. The normalized spacial score (nSPS) is 14.4. The lowest BCUT2D eigenvalue weighted by atomic mass is 10.2. The first-order valence-electron chi connectivity index (χ1n) is 10.8. The molecule has 1 aliphatic heterocycles. The predicted molar refractivity (Wildman–Crippen MR) is 128 cm³/mol. The highest BCUT2D eigenvalue weighted by molar-refractivity contribution is 7.89. The van der Waals surface area contributed by atoms with E-state index in [1.165, 1.54) is 29.6 Å². The third kappa shape index (κ3) is 5.56. The lowest BCUT2D eigenvalue weighted by molar-refractivity contribution is 0.0730. The first-order valence-corrected chi connectivity index (χ1v) is 12.3. The minimum Gasteiger partial charge on any atom is -0.496 e. The number of nitrogens with one attached hydrogen (secondary N) is 1. The molecule has 0 radical (unpaired) electrons. The highest BCUT2D eigenvalue weighted by atomic mass is 32.2. The maximum Gasteiger partial charge on any atom is 0.259 e. The molecule has 1 amide bonds. The molecule has 0 unspecified atom stereocenters. The van der Waals surface area contributed by atoms with Crippen molar-refractivity contribution in [3.63, 3.8) is 0 Å². The summed E-state index contributed by atoms with van der Waals surface area (Å²) >= 11 is 0. The molecule has 0 saturated carbocycles.